The van der Waals surface area contributed by atoms with Crippen LogP contribution in [0.15, 0.2) is 24.3 Å². The van der Waals surface area contributed by atoms with E-state index in [1.54, 1.807) is 7.11 Å². The summed E-state index contributed by atoms with van der Waals surface area (Å²) < 4.78 is 5.15. The Morgan fingerprint density at radius 2 is 1.74 bits per heavy atom. The lowest BCUT2D eigenvalue weighted by Gasteiger charge is -2.54. The molecule has 0 aliphatic carbocycles. The Balaban J connectivity index is 2.06. The summed E-state index contributed by atoms with van der Waals surface area (Å²) in [6.45, 7) is 8.83. The van der Waals surface area contributed by atoms with Crippen LogP contribution in [0.3, 0.4) is 0 Å². The molecule has 1 aromatic carbocycles. The smallest absolute Gasteiger partial charge is 0.318 e. The van der Waals surface area contributed by atoms with Gasteiger partial charge in [0.1, 0.15) is 5.75 Å². The predicted octanol–water partition coefficient (Wildman–Crippen LogP) is 2.89. The number of ether oxygens (including phenoxy) is 1. The second kappa shape index (κ2) is 6.40. The van der Waals surface area contributed by atoms with E-state index in [1.165, 1.54) is 0 Å². The number of nitrogens with one attached hydrogen (secondary N) is 1. The fourth-order valence-corrected chi connectivity index (χ4v) is 3.91. The van der Waals surface area contributed by atoms with Crippen molar-refractivity contribution in [1.82, 2.24) is 10.2 Å². The van der Waals surface area contributed by atoms with Crippen molar-refractivity contribution in [2.45, 2.75) is 64.2 Å². The van der Waals surface area contributed by atoms with E-state index >= 15 is 0 Å². The van der Waals surface area contributed by atoms with Crippen LogP contribution in [0, 0.1) is 0 Å². The molecule has 0 radical (unpaired) electrons. The number of carbonyl (C=O) groups is 1. The first kappa shape index (κ1) is 17.6. The van der Waals surface area contributed by atoms with Crippen LogP contribution in [0.4, 0.5) is 4.79 Å². The van der Waals surface area contributed by atoms with Gasteiger partial charge in [0.2, 0.25) is 0 Å². The molecule has 0 spiro atoms. The van der Waals surface area contributed by atoms with E-state index in [0.717, 1.165) is 24.2 Å². The lowest BCUT2D eigenvalue weighted by atomic mass is 9.77. The van der Waals surface area contributed by atoms with Gasteiger partial charge in [-0.05, 0) is 58.2 Å². The molecule has 1 aromatic rings. The van der Waals surface area contributed by atoms with Gasteiger partial charge in [-0.25, -0.2) is 4.79 Å². The Hall–Kier alpha value is -1.75. The molecule has 2 amide bonds. The fourth-order valence-electron chi connectivity index (χ4n) is 3.91. The fraction of sp³-hybridized carbons (Fsp3) is 0.611. The van der Waals surface area contributed by atoms with Crippen molar-refractivity contribution in [1.29, 1.82) is 0 Å². The Labute approximate surface area is 139 Å². The molecule has 0 atom stereocenters. The standard InChI is InChI=1S/C18H29N3O2/c1-17(2)10-14(19)11-18(3,4)21(17)16(22)20-12-13-6-8-15(23-5)9-7-13/h6-9,14H,10-12,19H2,1-5H3,(H,20,22). The average Bonchev–Trinajstić information content (AvgIpc) is 2.42. The minimum Gasteiger partial charge on any atom is -0.497 e. The van der Waals surface area contributed by atoms with Gasteiger partial charge < -0.3 is 20.7 Å². The number of benzene rings is 1. The van der Waals surface area contributed by atoms with Gasteiger partial charge in [-0.2, -0.15) is 0 Å². The summed E-state index contributed by atoms with van der Waals surface area (Å²) in [4.78, 5) is 14.7. The molecule has 0 unspecified atom stereocenters. The Kier molecular flexibility index (Phi) is 4.90. The quantitative estimate of drug-likeness (QED) is 0.900. The van der Waals surface area contributed by atoms with Crippen LogP contribution < -0.4 is 15.8 Å². The number of methoxy groups -OCH3 is 1. The van der Waals surface area contributed by atoms with Crippen LogP contribution in [0.25, 0.3) is 0 Å². The Morgan fingerprint density at radius 1 is 1.22 bits per heavy atom. The van der Waals surface area contributed by atoms with Gasteiger partial charge >= 0.3 is 6.03 Å². The number of urea groups is 1. The van der Waals surface area contributed by atoms with Crippen LogP contribution in [0.5, 0.6) is 5.75 Å². The molecular weight excluding hydrogens is 290 g/mol. The minimum absolute atomic E-state index is 0.0391. The molecule has 128 valence electrons. The highest BCUT2D eigenvalue weighted by Gasteiger charge is 2.46. The van der Waals surface area contributed by atoms with Gasteiger partial charge in [-0.15, -0.1) is 0 Å². The lowest BCUT2D eigenvalue weighted by molar-refractivity contribution is 0.00299. The number of nitrogens with zero attached hydrogens (tertiary/aromatic N) is 1. The predicted molar refractivity (Wildman–Crippen MR) is 92.4 cm³/mol. The number of piperidine rings is 1. The van der Waals surface area contributed by atoms with Crippen LogP contribution >= 0.6 is 0 Å². The second-order valence-corrected chi connectivity index (χ2v) is 7.64. The van der Waals surface area contributed by atoms with Crippen LogP contribution in [0.2, 0.25) is 0 Å². The summed E-state index contributed by atoms with van der Waals surface area (Å²) in [5.41, 5.74) is 6.70. The molecule has 1 heterocycles. The lowest BCUT2D eigenvalue weighted by Crippen LogP contribution is -2.66. The molecule has 5 nitrogen and oxygen atoms in total. The Morgan fingerprint density at radius 3 is 2.22 bits per heavy atom. The third-order valence-corrected chi connectivity index (χ3v) is 4.54. The summed E-state index contributed by atoms with van der Waals surface area (Å²) in [7, 11) is 1.64. The maximum Gasteiger partial charge on any atom is 0.318 e. The van der Waals surface area contributed by atoms with Crippen molar-refractivity contribution < 1.29 is 9.53 Å². The topological polar surface area (TPSA) is 67.6 Å². The SMILES string of the molecule is COc1ccc(CNC(=O)N2C(C)(C)CC(N)CC2(C)C)cc1. The van der Waals surface area contributed by atoms with E-state index in [0.29, 0.717) is 6.54 Å². The highest BCUT2D eigenvalue weighted by molar-refractivity contribution is 5.76. The maximum atomic E-state index is 12.8. The van der Waals surface area contributed by atoms with E-state index in [9.17, 15) is 4.79 Å². The van der Waals surface area contributed by atoms with Gasteiger partial charge in [0.15, 0.2) is 0 Å². The molecule has 1 saturated heterocycles. The van der Waals surface area contributed by atoms with E-state index in [4.69, 9.17) is 10.5 Å². The van der Waals surface area contributed by atoms with Crippen molar-refractivity contribution in [2.75, 3.05) is 7.11 Å². The van der Waals surface area contributed by atoms with E-state index in [-0.39, 0.29) is 23.2 Å². The zero-order valence-corrected chi connectivity index (χ0v) is 14.8. The number of hydrogen-bond donors (Lipinski definition) is 2. The molecule has 1 aliphatic rings. The van der Waals surface area contributed by atoms with Gasteiger partial charge in [-0.3, -0.25) is 0 Å². The molecule has 2 rings (SSSR count). The number of nitrogens with two attached hydrogens (primary N) is 1. The van der Waals surface area contributed by atoms with E-state index < -0.39 is 0 Å². The van der Waals surface area contributed by atoms with Crippen LogP contribution in [-0.2, 0) is 6.54 Å². The third kappa shape index (κ3) is 3.96. The third-order valence-electron chi connectivity index (χ3n) is 4.54. The molecule has 3 N–H and O–H groups in total. The van der Waals surface area contributed by atoms with Crippen LogP contribution in [0.1, 0.15) is 46.1 Å². The summed E-state index contributed by atoms with van der Waals surface area (Å²) >= 11 is 0. The van der Waals surface area contributed by atoms with Gasteiger partial charge in [0.25, 0.3) is 0 Å². The molecule has 0 aromatic heterocycles. The van der Waals surface area contributed by atoms with E-state index in [1.807, 2.05) is 29.2 Å². The molecule has 0 bridgehead atoms. The van der Waals surface area contributed by atoms with E-state index in [2.05, 4.69) is 33.0 Å². The first-order valence-corrected chi connectivity index (χ1v) is 8.12. The molecule has 1 fully saturated rings. The summed E-state index contributed by atoms with van der Waals surface area (Å²) in [5, 5.41) is 3.04. The number of hydrogen-bond acceptors (Lipinski definition) is 3. The Bertz CT molecular complexity index is 534. The van der Waals surface area contributed by atoms with Crippen molar-refractivity contribution in [3.05, 3.63) is 29.8 Å². The monoisotopic (exact) mass is 319 g/mol. The summed E-state index contributed by atoms with van der Waals surface area (Å²) in [6.07, 6.45) is 1.62. The highest BCUT2D eigenvalue weighted by Crippen LogP contribution is 2.37. The molecule has 0 saturated carbocycles. The first-order chi connectivity index (χ1) is 10.7. The normalized spacial score (nSPS) is 20.2. The van der Waals surface area contributed by atoms with Crippen LogP contribution in [-0.4, -0.2) is 35.2 Å². The molecule has 1 aliphatic heterocycles. The maximum absolute atomic E-state index is 12.8. The number of amides is 2. The van der Waals surface area contributed by atoms with Crippen molar-refractivity contribution in [3.63, 3.8) is 0 Å². The van der Waals surface area contributed by atoms with Gasteiger partial charge in [0, 0.05) is 23.7 Å². The number of carbonyl (C=O) groups excluding carboxylic acids is 1. The van der Waals surface area contributed by atoms with Crippen molar-refractivity contribution >= 4 is 6.03 Å². The number of likely N-dealkylation sites (tertiary alicyclic amines) is 1. The molecule has 23 heavy (non-hydrogen) atoms. The zero-order valence-electron chi connectivity index (χ0n) is 14.8. The minimum atomic E-state index is -0.259. The summed E-state index contributed by atoms with van der Waals surface area (Å²) in [5.74, 6) is 0.812. The first-order valence-electron chi connectivity index (χ1n) is 8.12. The highest BCUT2D eigenvalue weighted by atomic mass is 16.5. The number of rotatable bonds is 3. The second-order valence-electron chi connectivity index (χ2n) is 7.64. The largest absolute Gasteiger partial charge is 0.497 e. The van der Waals surface area contributed by atoms with Crippen molar-refractivity contribution in [3.8, 4) is 5.75 Å². The van der Waals surface area contributed by atoms with Gasteiger partial charge in [-0.1, -0.05) is 12.1 Å². The molecule has 5 heteroatoms. The summed E-state index contributed by atoms with van der Waals surface area (Å²) in [6, 6.07) is 7.81. The average molecular weight is 319 g/mol. The van der Waals surface area contributed by atoms with Gasteiger partial charge in [0.05, 0.1) is 7.11 Å². The molecular formula is C18H29N3O2. The van der Waals surface area contributed by atoms with Crippen molar-refractivity contribution in [2.24, 2.45) is 5.73 Å². The zero-order chi connectivity index (χ0) is 17.3.